The lowest BCUT2D eigenvalue weighted by Gasteiger charge is -2.47. The number of hydrogen-bond donors (Lipinski definition) is 1. The highest BCUT2D eigenvalue weighted by Crippen LogP contribution is 2.47. The number of methoxy groups -OCH3 is 1. The fourth-order valence-electron chi connectivity index (χ4n) is 8.12. The van der Waals surface area contributed by atoms with E-state index in [2.05, 4.69) is 35.6 Å². The van der Waals surface area contributed by atoms with Gasteiger partial charge in [0.2, 0.25) is 0 Å². The van der Waals surface area contributed by atoms with Crippen LogP contribution in [0.1, 0.15) is 86.2 Å². The average Bonchev–Trinajstić information content (AvgIpc) is 3.24. The van der Waals surface area contributed by atoms with E-state index >= 15 is 0 Å². The molecule has 4 aliphatic rings. The van der Waals surface area contributed by atoms with Crippen molar-refractivity contribution >= 4 is 34.2 Å². The number of nitrogens with zero attached hydrogens (tertiary/aromatic N) is 1. The molecule has 258 valence electrons. The number of carbonyl (C=O) groups excluding carboxylic acids is 1. The van der Waals surface area contributed by atoms with Crippen LogP contribution in [0.15, 0.2) is 36.4 Å². The van der Waals surface area contributed by atoms with E-state index in [1.54, 1.807) is 13.2 Å². The van der Waals surface area contributed by atoms with Gasteiger partial charge in [-0.3, -0.25) is 9.52 Å². The number of hydrogen-bond acceptors (Lipinski definition) is 7. The monoisotopic (exact) mass is 686 g/mol. The second kappa shape index (κ2) is 16.0. The maximum atomic E-state index is 13.6. The molecule has 0 spiro atoms. The van der Waals surface area contributed by atoms with Gasteiger partial charge in [0.15, 0.2) is 6.29 Å². The van der Waals surface area contributed by atoms with Crippen molar-refractivity contribution in [1.82, 2.24) is 4.72 Å². The van der Waals surface area contributed by atoms with E-state index < -0.39 is 11.0 Å². The molecule has 3 aliphatic heterocycles. The van der Waals surface area contributed by atoms with Gasteiger partial charge in [-0.05, 0) is 97.7 Å². The van der Waals surface area contributed by atoms with Gasteiger partial charge >= 0.3 is 0 Å². The molecule has 7 atom stereocenters. The summed E-state index contributed by atoms with van der Waals surface area (Å²) in [5, 5.41) is 0.442. The number of carbonyl (C=O) groups is 1. The zero-order valence-corrected chi connectivity index (χ0v) is 29.7. The van der Waals surface area contributed by atoms with Crippen molar-refractivity contribution in [2.45, 2.75) is 82.7 Å². The molecule has 10 heteroatoms. The minimum atomic E-state index is -1.61. The Bertz CT molecular complexity index is 1400. The Labute approximate surface area is 287 Å². The fourth-order valence-corrected chi connectivity index (χ4v) is 9.58. The number of amides is 1. The number of aryl methyl sites for hydroxylation is 1. The predicted molar refractivity (Wildman–Crippen MR) is 187 cm³/mol. The molecule has 2 fully saturated rings. The van der Waals surface area contributed by atoms with Gasteiger partial charge in [-0.1, -0.05) is 44.4 Å². The lowest BCUT2D eigenvalue weighted by atomic mass is 9.65. The lowest BCUT2D eigenvalue weighted by molar-refractivity contribution is -0.224. The van der Waals surface area contributed by atoms with Gasteiger partial charge in [-0.2, -0.15) is 0 Å². The molecule has 1 amide bonds. The number of anilines is 1. The highest BCUT2D eigenvalue weighted by molar-refractivity contribution is 7.84. The summed E-state index contributed by atoms with van der Waals surface area (Å²) in [6.45, 7) is 8.27. The van der Waals surface area contributed by atoms with Gasteiger partial charge in [0.05, 0.1) is 37.4 Å². The third kappa shape index (κ3) is 8.01. The molecule has 6 rings (SSSR count). The first-order valence-corrected chi connectivity index (χ1v) is 19.2. The van der Waals surface area contributed by atoms with Crippen LogP contribution in [0.5, 0.6) is 5.75 Å². The predicted octanol–water partition coefficient (Wildman–Crippen LogP) is 6.91. The minimum absolute atomic E-state index is 0.105. The van der Waals surface area contributed by atoms with Crippen molar-refractivity contribution in [3.05, 3.63) is 58.1 Å². The molecule has 1 saturated carbocycles. The van der Waals surface area contributed by atoms with E-state index in [9.17, 15) is 9.00 Å². The number of ether oxygens (including phenoxy) is 4. The Hall–Kier alpha value is -2.17. The molecule has 0 radical (unpaired) electrons. The third-order valence-corrected chi connectivity index (χ3v) is 12.6. The van der Waals surface area contributed by atoms with Crippen LogP contribution in [0.4, 0.5) is 5.69 Å². The Morgan fingerprint density at radius 3 is 2.60 bits per heavy atom. The molecule has 2 bridgehead atoms. The van der Waals surface area contributed by atoms with Gasteiger partial charge in [-0.15, -0.1) is 0 Å². The minimum Gasteiger partial charge on any atom is -0.491 e. The molecular formula is C37H51ClN2O6S. The van der Waals surface area contributed by atoms with Crippen molar-refractivity contribution in [3.8, 4) is 5.75 Å². The summed E-state index contributed by atoms with van der Waals surface area (Å²) in [7, 11) is 0.0168. The SMILES string of the molecule is CCCc1cc(Cl)ccc1C1COc2ccc3cc2N(C1)CC1CCC1C(C1OCCCO1)CCCC(C)C(COC)S(=O)NC3=O. The number of halogens is 1. The summed E-state index contributed by atoms with van der Waals surface area (Å²) < 4.78 is 41.0. The smallest absolute Gasteiger partial charge is 0.263 e. The lowest BCUT2D eigenvalue weighted by Crippen LogP contribution is -2.47. The summed E-state index contributed by atoms with van der Waals surface area (Å²) >= 11 is 6.46. The van der Waals surface area contributed by atoms with Crippen molar-refractivity contribution in [2.75, 3.05) is 51.5 Å². The standard InChI is InChI=1S/C37H51ClN2O6S/c1-4-7-25-18-29(38)12-14-30(25)28-21-40-20-27-10-13-31(27)32(37-44-16-6-17-45-37)9-5-8-24(2)35(23-43-3)47(42)39-36(41)26-11-15-34(46-22-28)33(40)19-26/h11-12,14-15,18-19,24,27-28,31-32,35,37H,4-10,13,16-17,20-23H2,1-3H3,(H,39,41). The fraction of sp³-hybridized carbons (Fsp3) is 0.649. The van der Waals surface area contributed by atoms with Gasteiger partial charge in [0, 0.05) is 42.6 Å². The Morgan fingerprint density at radius 1 is 1.02 bits per heavy atom. The second-order valence-electron chi connectivity index (χ2n) is 13.9. The summed E-state index contributed by atoms with van der Waals surface area (Å²) in [5.74, 6) is 1.92. The van der Waals surface area contributed by atoms with Crippen LogP contribution in [0, 0.1) is 23.7 Å². The third-order valence-electron chi connectivity index (χ3n) is 10.8. The average molecular weight is 687 g/mol. The van der Waals surface area contributed by atoms with E-state index in [4.69, 9.17) is 30.5 Å². The van der Waals surface area contributed by atoms with E-state index in [1.807, 2.05) is 18.2 Å². The quantitative estimate of drug-likeness (QED) is 0.354. The number of fused-ring (bicyclic) bond motifs is 2. The normalized spacial score (nSPS) is 30.8. The van der Waals surface area contributed by atoms with Crippen molar-refractivity contribution < 1.29 is 28.0 Å². The molecule has 2 aromatic rings. The molecule has 47 heavy (non-hydrogen) atoms. The van der Waals surface area contributed by atoms with Gasteiger partial charge in [0.25, 0.3) is 5.91 Å². The Balaban J connectivity index is 1.37. The maximum Gasteiger partial charge on any atom is 0.263 e. The highest BCUT2D eigenvalue weighted by atomic mass is 35.5. The second-order valence-corrected chi connectivity index (χ2v) is 15.8. The maximum absolute atomic E-state index is 13.6. The van der Waals surface area contributed by atoms with Gasteiger partial charge in [-0.25, -0.2) is 4.21 Å². The molecule has 3 heterocycles. The Kier molecular flexibility index (Phi) is 11.8. The first-order valence-electron chi connectivity index (χ1n) is 17.6. The van der Waals surface area contributed by atoms with Gasteiger partial charge < -0.3 is 23.8 Å². The molecule has 1 aliphatic carbocycles. The summed E-state index contributed by atoms with van der Waals surface area (Å²) in [4.78, 5) is 16.0. The summed E-state index contributed by atoms with van der Waals surface area (Å²) in [6, 6.07) is 11.9. The van der Waals surface area contributed by atoms with Crippen molar-refractivity contribution in [3.63, 3.8) is 0 Å². The zero-order valence-electron chi connectivity index (χ0n) is 28.1. The van der Waals surface area contributed by atoms with Crippen molar-refractivity contribution in [2.24, 2.45) is 23.7 Å². The Morgan fingerprint density at radius 2 is 1.85 bits per heavy atom. The van der Waals surface area contributed by atoms with Crippen LogP contribution in [-0.2, 0) is 31.6 Å². The first kappa shape index (κ1) is 34.7. The number of rotatable bonds is 6. The van der Waals surface area contributed by atoms with Crippen LogP contribution in [0.3, 0.4) is 0 Å². The zero-order chi connectivity index (χ0) is 32.9. The first-order chi connectivity index (χ1) is 22.9. The van der Waals surface area contributed by atoms with Crippen molar-refractivity contribution in [1.29, 1.82) is 0 Å². The summed E-state index contributed by atoms with van der Waals surface area (Å²) in [5.41, 5.74) is 3.93. The van der Waals surface area contributed by atoms with E-state index in [0.29, 0.717) is 36.5 Å². The van der Waals surface area contributed by atoms with Crippen LogP contribution in [0.2, 0.25) is 5.02 Å². The van der Waals surface area contributed by atoms with E-state index in [-0.39, 0.29) is 29.3 Å². The molecule has 0 aromatic heterocycles. The van der Waals surface area contributed by atoms with Crippen LogP contribution < -0.4 is 14.4 Å². The topological polar surface area (TPSA) is 86.3 Å². The molecule has 2 aromatic carbocycles. The molecule has 1 N–H and O–H groups in total. The molecule has 7 unspecified atom stereocenters. The number of nitrogens with one attached hydrogen (secondary N) is 1. The van der Waals surface area contributed by atoms with E-state index in [0.717, 1.165) is 94.1 Å². The van der Waals surface area contributed by atoms with Gasteiger partial charge in [0.1, 0.15) is 16.7 Å². The highest BCUT2D eigenvalue weighted by Gasteiger charge is 2.43. The number of benzene rings is 2. The summed E-state index contributed by atoms with van der Waals surface area (Å²) in [6.07, 6.45) is 7.91. The molecule has 1 saturated heterocycles. The van der Waals surface area contributed by atoms with E-state index in [1.165, 1.54) is 11.1 Å². The van der Waals surface area contributed by atoms with Crippen LogP contribution in [-0.4, -0.2) is 68.3 Å². The van der Waals surface area contributed by atoms with Crippen LogP contribution in [0.25, 0.3) is 0 Å². The largest absolute Gasteiger partial charge is 0.491 e. The van der Waals surface area contributed by atoms with Crippen LogP contribution >= 0.6 is 11.6 Å². The molecular weight excluding hydrogens is 636 g/mol. The molecule has 8 nitrogen and oxygen atoms in total.